The number of carbonyl (C=O) groups excluding carboxylic acids is 1. The highest BCUT2D eigenvalue weighted by Crippen LogP contribution is 2.10. The van der Waals surface area contributed by atoms with Gasteiger partial charge in [-0.1, -0.05) is 24.3 Å². The van der Waals surface area contributed by atoms with Crippen molar-refractivity contribution in [2.24, 2.45) is 0 Å². The van der Waals surface area contributed by atoms with Gasteiger partial charge in [-0.25, -0.2) is 0 Å². The Hall–Kier alpha value is -1.39. The molecule has 1 saturated heterocycles. The van der Waals surface area contributed by atoms with E-state index < -0.39 is 0 Å². The molecule has 110 valence electrons. The van der Waals surface area contributed by atoms with Crippen LogP contribution in [0.15, 0.2) is 24.3 Å². The summed E-state index contributed by atoms with van der Waals surface area (Å²) in [5.41, 5.74) is 2.46. The molecule has 0 spiro atoms. The van der Waals surface area contributed by atoms with Crippen LogP contribution in [0.1, 0.15) is 18.1 Å². The van der Waals surface area contributed by atoms with Gasteiger partial charge in [0.15, 0.2) is 0 Å². The van der Waals surface area contributed by atoms with Crippen molar-refractivity contribution in [3.8, 4) is 0 Å². The highest BCUT2D eigenvalue weighted by molar-refractivity contribution is 5.78. The van der Waals surface area contributed by atoms with Gasteiger partial charge in [0.2, 0.25) is 5.91 Å². The van der Waals surface area contributed by atoms with Gasteiger partial charge in [0.1, 0.15) is 0 Å². The third-order valence-corrected chi connectivity index (χ3v) is 4.07. The Labute approximate surface area is 121 Å². The maximum absolute atomic E-state index is 12.3. The number of nitrogens with zero attached hydrogens (tertiary/aromatic N) is 2. The normalized spacial score (nSPS) is 19.9. The van der Waals surface area contributed by atoms with Crippen LogP contribution in [0.5, 0.6) is 0 Å². The van der Waals surface area contributed by atoms with Crippen molar-refractivity contribution >= 4 is 5.91 Å². The van der Waals surface area contributed by atoms with Crippen LogP contribution in [-0.4, -0.2) is 55.0 Å². The van der Waals surface area contributed by atoms with Crippen molar-refractivity contribution in [1.29, 1.82) is 0 Å². The van der Waals surface area contributed by atoms with Crippen molar-refractivity contribution < 1.29 is 4.79 Å². The molecular formula is C16H25N3O. The van der Waals surface area contributed by atoms with E-state index in [9.17, 15) is 4.79 Å². The van der Waals surface area contributed by atoms with Gasteiger partial charge >= 0.3 is 0 Å². The van der Waals surface area contributed by atoms with Gasteiger partial charge in [-0.05, 0) is 25.0 Å². The fourth-order valence-electron chi connectivity index (χ4n) is 2.54. The second-order valence-corrected chi connectivity index (χ2v) is 5.70. The molecule has 1 heterocycles. The van der Waals surface area contributed by atoms with Gasteiger partial charge in [0.05, 0.1) is 6.54 Å². The summed E-state index contributed by atoms with van der Waals surface area (Å²) in [5.74, 6) is 0.196. The predicted octanol–water partition coefficient (Wildman–Crippen LogP) is 1.25. The molecular weight excluding hydrogens is 250 g/mol. The fourth-order valence-corrected chi connectivity index (χ4v) is 2.54. The molecule has 0 bridgehead atoms. The summed E-state index contributed by atoms with van der Waals surface area (Å²) < 4.78 is 0. The first kappa shape index (κ1) is 15.0. The smallest absolute Gasteiger partial charge is 0.236 e. The van der Waals surface area contributed by atoms with Crippen molar-refractivity contribution in [3.05, 3.63) is 35.4 Å². The average Bonchev–Trinajstić information content (AvgIpc) is 2.43. The van der Waals surface area contributed by atoms with E-state index >= 15 is 0 Å². The molecule has 1 amide bonds. The van der Waals surface area contributed by atoms with E-state index in [4.69, 9.17) is 0 Å². The number of nitrogens with one attached hydrogen (secondary N) is 1. The van der Waals surface area contributed by atoms with E-state index in [1.54, 1.807) is 0 Å². The first-order valence-corrected chi connectivity index (χ1v) is 7.31. The number of aryl methyl sites for hydroxylation is 1. The molecule has 1 aromatic rings. The Morgan fingerprint density at radius 2 is 2.20 bits per heavy atom. The zero-order valence-electron chi connectivity index (χ0n) is 12.7. The molecule has 4 heteroatoms. The lowest BCUT2D eigenvalue weighted by Gasteiger charge is -2.34. The lowest BCUT2D eigenvalue weighted by atomic mass is 10.1. The molecule has 0 saturated carbocycles. The van der Waals surface area contributed by atoms with Crippen molar-refractivity contribution in [2.45, 2.75) is 26.4 Å². The lowest BCUT2D eigenvalue weighted by molar-refractivity contribution is -0.132. The highest BCUT2D eigenvalue weighted by Gasteiger charge is 2.21. The Kier molecular flexibility index (Phi) is 5.15. The minimum absolute atomic E-state index is 0.196. The molecule has 0 aromatic heterocycles. The molecule has 1 aliphatic rings. The molecule has 0 radical (unpaired) electrons. The zero-order chi connectivity index (χ0) is 14.5. The molecule has 0 aliphatic carbocycles. The van der Waals surface area contributed by atoms with E-state index in [-0.39, 0.29) is 5.91 Å². The molecule has 0 unspecified atom stereocenters. The summed E-state index contributed by atoms with van der Waals surface area (Å²) in [6, 6.07) is 8.67. The number of likely N-dealkylation sites (N-methyl/N-ethyl adjacent to an activating group) is 1. The van der Waals surface area contributed by atoms with Crippen LogP contribution in [0.3, 0.4) is 0 Å². The summed E-state index contributed by atoms with van der Waals surface area (Å²) in [4.78, 5) is 16.4. The maximum atomic E-state index is 12.3. The standard InChI is InChI=1S/C16H25N3O/c1-13-6-4-5-7-15(13)11-18(3)16(20)12-19-9-8-17-10-14(19)2/h4-7,14,17H,8-12H2,1-3H3/t14-/m0/s1. The molecule has 1 aromatic carbocycles. The molecule has 4 nitrogen and oxygen atoms in total. The van der Waals surface area contributed by atoms with Crippen LogP contribution in [0.4, 0.5) is 0 Å². The highest BCUT2D eigenvalue weighted by atomic mass is 16.2. The van der Waals surface area contributed by atoms with E-state index in [2.05, 4.69) is 36.2 Å². The summed E-state index contributed by atoms with van der Waals surface area (Å²) >= 11 is 0. The topological polar surface area (TPSA) is 35.6 Å². The number of hydrogen-bond donors (Lipinski definition) is 1. The Morgan fingerprint density at radius 3 is 2.90 bits per heavy atom. The summed E-state index contributed by atoms with van der Waals surface area (Å²) in [6.45, 7) is 8.35. The third kappa shape index (κ3) is 3.81. The van der Waals surface area contributed by atoms with Crippen LogP contribution < -0.4 is 5.32 Å². The van der Waals surface area contributed by atoms with Gasteiger partial charge in [0.25, 0.3) is 0 Å². The molecule has 1 atom stereocenters. The van der Waals surface area contributed by atoms with Gasteiger partial charge in [0, 0.05) is 39.3 Å². The van der Waals surface area contributed by atoms with Gasteiger partial charge < -0.3 is 10.2 Å². The predicted molar refractivity (Wildman–Crippen MR) is 81.6 cm³/mol. The summed E-state index contributed by atoms with van der Waals surface area (Å²) in [7, 11) is 1.89. The third-order valence-electron chi connectivity index (χ3n) is 4.07. The van der Waals surface area contributed by atoms with Crippen molar-refractivity contribution in [2.75, 3.05) is 33.2 Å². The Bertz CT molecular complexity index is 461. The maximum Gasteiger partial charge on any atom is 0.236 e. The average molecular weight is 275 g/mol. The van der Waals surface area contributed by atoms with Crippen LogP contribution >= 0.6 is 0 Å². The second-order valence-electron chi connectivity index (χ2n) is 5.70. The first-order valence-electron chi connectivity index (χ1n) is 7.31. The first-order chi connectivity index (χ1) is 9.58. The van der Waals surface area contributed by atoms with Gasteiger partial charge in [-0.15, -0.1) is 0 Å². The number of benzene rings is 1. The van der Waals surface area contributed by atoms with Crippen LogP contribution in [0, 0.1) is 6.92 Å². The number of hydrogen-bond acceptors (Lipinski definition) is 3. The van der Waals surface area contributed by atoms with Crippen LogP contribution in [-0.2, 0) is 11.3 Å². The van der Waals surface area contributed by atoms with E-state index in [1.807, 2.05) is 24.1 Å². The summed E-state index contributed by atoms with van der Waals surface area (Å²) in [6.07, 6.45) is 0. The number of amides is 1. The van der Waals surface area contributed by atoms with E-state index in [0.29, 0.717) is 19.1 Å². The van der Waals surface area contributed by atoms with Crippen molar-refractivity contribution in [3.63, 3.8) is 0 Å². The molecule has 1 N–H and O–H groups in total. The molecule has 1 fully saturated rings. The van der Waals surface area contributed by atoms with E-state index in [1.165, 1.54) is 11.1 Å². The monoisotopic (exact) mass is 275 g/mol. The quantitative estimate of drug-likeness (QED) is 0.898. The number of piperazine rings is 1. The molecule has 20 heavy (non-hydrogen) atoms. The minimum atomic E-state index is 0.196. The van der Waals surface area contributed by atoms with Gasteiger partial charge in [-0.2, -0.15) is 0 Å². The van der Waals surface area contributed by atoms with Crippen LogP contribution in [0.25, 0.3) is 0 Å². The second kappa shape index (κ2) is 6.86. The zero-order valence-corrected chi connectivity index (χ0v) is 12.7. The Morgan fingerprint density at radius 1 is 1.45 bits per heavy atom. The van der Waals surface area contributed by atoms with Crippen molar-refractivity contribution in [1.82, 2.24) is 15.1 Å². The summed E-state index contributed by atoms with van der Waals surface area (Å²) in [5, 5.41) is 3.35. The molecule has 1 aliphatic heterocycles. The van der Waals surface area contributed by atoms with Gasteiger partial charge in [-0.3, -0.25) is 9.69 Å². The number of rotatable bonds is 4. The SMILES string of the molecule is Cc1ccccc1CN(C)C(=O)CN1CCNC[C@@H]1C. The van der Waals surface area contributed by atoms with Crippen LogP contribution in [0.2, 0.25) is 0 Å². The number of carbonyl (C=O) groups is 1. The fraction of sp³-hybridized carbons (Fsp3) is 0.562. The largest absolute Gasteiger partial charge is 0.340 e. The lowest BCUT2D eigenvalue weighted by Crippen LogP contribution is -2.52. The Balaban J connectivity index is 1.90. The minimum Gasteiger partial charge on any atom is -0.340 e. The molecule has 2 rings (SSSR count). The van der Waals surface area contributed by atoms with E-state index in [0.717, 1.165) is 19.6 Å².